The Labute approximate surface area is 131 Å². The highest BCUT2D eigenvalue weighted by Gasteiger charge is 2.30. The van der Waals surface area contributed by atoms with Crippen LogP contribution in [-0.4, -0.2) is 21.5 Å². The van der Waals surface area contributed by atoms with Crippen molar-refractivity contribution in [3.63, 3.8) is 0 Å². The average molecular weight is 345 g/mol. The highest BCUT2D eigenvalue weighted by molar-refractivity contribution is 9.10. The van der Waals surface area contributed by atoms with Crippen LogP contribution < -0.4 is 0 Å². The van der Waals surface area contributed by atoms with E-state index in [-0.39, 0.29) is 12.0 Å². The van der Waals surface area contributed by atoms with Crippen LogP contribution in [0.3, 0.4) is 0 Å². The Hall–Kier alpha value is -0.350. The molecular formula is C16H29BrN2O. The summed E-state index contributed by atoms with van der Waals surface area (Å²) in [4.78, 5) is 0. The molecule has 0 radical (unpaired) electrons. The van der Waals surface area contributed by atoms with Gasteiger partial charge in [0.1, 0.15) is 0 Å². The van der Waals surface area contributed by atoms with Gasteiger partial charge in [0.05, 0.1) is 15.9 Å². The summed E-state index contributed by atoms with van der Waals surface area (Å²) < 4.78 is 3.24. The lowest BCUT2D eigenvalue weighted by atomic mass is 9.77. The molecule has 0 amide bonds. The van der Waals surface area contributed by atoms with Gasteiger partial charge in [-0.1, -0.05) is 33.6 Å². The summed E-state index contributed by atoms with van der Waals surface area (Å²) in [5.41, 5.74) is 2.37. The highest BCUT2D eigenvalue weighted by atomic mass is 79.9. The molecule has 0 bridgehead atoms. The molecule has 0 spiro atoms. The zero-order valence-corrected chi connectivity index (χ0v) is 15.0. The maximum absolute atomic E-state index is 9.94. The van der Waals surface area contributed by atoms with E-state index >= 15 is 0 Å². The SMILES string of the molecule is CCCCC(CC)(CO)Cc1c(Br)c(CC)nn1CC. The fraction of sp³-hybridized carbons (Fsp3) is 0.812. The fourth-order valence-electron chi connectivity index (χ4n) is 2.73. The zero-order chi connectivity index (χ0) is 15.2. The summed E-state index contributed by atoms with van der Waals surface area (Å²) in [6.45, 7) is 9.79. The van der Waals surface area contributed by atoms with E-state index < -0.39 is 0 Å². The number of nitrogens with zero attached hydrogens (tertiary/aromatic N) is 2. The van der Waals surface area contributed by atoms with E-state index in [1.54, 1.807) is 0 Å². The van der Waals surface area contributed by atoms with E-state index in [1.165, 1.54) is 18.5 Å². The standard InChI is InChI=1S/C16H29BrN2O/c1-5-9-10-16(7-3,12-20)11-14-15(17)13(6-2)18-19(14)8-4/h20H,5-12H2,1-4H3. The van der Waals surface area contributed by atoms with Crippen molar-refractivity contribution in [3.05, 3.63) is 15.9 Å². The summed E-state index contributed by atoms with van der Waals surface area (Å²) >= 11 is 3.72. The summed E-state index contributed by atoms with van der Waals surface area (Å²) in [6.07, 6.45) is 6.28. The van der Waals surface area contributed by atoms with Crippen LogP contribution >= 0.6 is 15.9 Å². The molecule has 4 heteroatoms. The Morgan fingerprint density at radius 1 is 1.25 bits per heavy atom. The van der Waals surface area contributed by atoms with Crippen LogP contribution in [-0.2, 0) is 19.4 Å². The summed E-state index contributed by atoms with van der Waals surface area (Å²) in [5.74, 6) is 0. The monoisotopic (exact) mass is 344 g/mol. The number of hydrogen-bond donors (Lipinski definition) is 1. The van der Waals surface area contributed by atoms with E-state index in [0.717, 1.165) is 42.4 Å². The first kappa shape index (κ1) is 17.7. The first-order chi connectivity index (χ1) is 9.57. The molecule has 0 saturated carbocycles. The number of aliphatic hydroxyl groups is 1. The predicted octanol–water partition coefficient (Wildman–Crippen LogP) is 4.35. The summed E-state index contributed by atoms with van der Waals surface area (Å²) in [5, 5.41) is 14.6. The zero-order valence-electron chi connectivity index (χ0n) is 13.4. The van der Waals surface area contributed by atoms with Crippen LogP contribution in [0.2, 0.25) is 0 Å². The maximum Gasteiger partial charge on any atom is 0.0766 e. The highest BCUT2D eigenvalue weighted by Crippen LogP contribution is 2.36. The van der Waals surface area contributed by atoms with Crippen molar-refractivity contribution in [3.8, 4) is 0 Å². The van der Waals surface area contributed by atoms with Gasteiger partial charge in [-0.15, -0.1) is 0 Å². The Kier molecular flexibility index (Phi) is 7.24. The number of unbranched alkanes of at least 4 members (excludes halogenated alkanes) is 1. The van der Waals surface area contributed by atoms with Gasteiger partial charge in [0.2, 0.25) is 0 Å². The molecule has 1 atom stereocenters. The molecule has 0 aromatic carbocycles. The number of hydrogen-bond acceptors (Lipinski definition) is 2. The molecule has 0 saturated heterocycles. The molecule has 0 aliphatic carbocycles. The Balaban J connectivity index is 3.06. The molecular weight excluding hydrogens is 316 g/mol. The van der Waals surface area contributed by atoms with E-state index in [0.29, 0.717) is 0 Å². The lowest BCUT2D eigenvalue weighted by Gasteiger charge is -2.31. The lowest BCUT2D eigenvalue weighted by molar-refractivity contribution is 0.104. The predicted molar refractivity (Wildman–Crippen MR) is 88.0 cm³/mol. The first-order valence-corrected chi connectivity index (χ1v) is 8.71. The normalized spacial score (nSPS) is 14.5. The number of aryl methyl sites for hydroxylation is 2. The van der Waals surface area contributed by atoms with Gasteiger partial charge in [-0.05, 0) is 54.0 Å². The van der Waals surface area contributed by atoms with E-state index in [2.05, 4.69) is 53.4 Å². The van der Waals surface area contributed by atoms with Gasteiger partial charge in [0.25, 0.3) is 0 Å². The average Bonchev–Trinajstić information content (AvgIpc) is 2.79. The number of aromatic nitrogens is 2. The lowest BCUT2D eigenvalue weighted by Crippen LogP contribution is -2.29. The number of aliphatic hydroxyl groups excluding tert-OH is 1. The molecule has 1 N–H and O–H groups in total. The van der Waals surface area contributed by atoms with Gasteiger partial charge in [-0.2, -0.15) is 5.10 Å². The minimum atomic E-state index is -0.00348. The smallest absolute Gasteiger partial charge is 0.0766 e. The minimum Gasteiger partial charge on any atom is -0.396 e. The molecule has 0 aliphatic rings. The fourth-order valence-corrected chi connectivity index (χ4v) is 3.43. The molecule has 1 rings (SSSR count). The van der Waals surface area contributed by atoms with Gasteiger partial charge in [0, 0.05) is 13.2 Å². The van der Waals surface area contributed by atoms with Crippen LogP contribution in [0.1, 0.15) is 64.8 Å². The van der Waals surface area contributed by atoms with Crippen molar-refractivity contribution < 1.29 is 5.11 Å². The molecule has 0 aliphatic heterocycles. The topological polar surface area (TPSA) is 38.1 Å². The van der Waals surface area contributed by atoms with Crippen LogP contribution in [0.5, 0.6) is 0 Å². The number of halogens is 1. The Morgan fingerprint density at radius 2 is 1.95 bits per heavy atom. The molecule has 0 fully saturated rings. The third kappa shape index (κ3) is 3.85. The second-order valence-corrected chi connectivity index (χ2v) is 6.46. The Morgan fingerprint density at radius 3 is 2.40 bits per heavy atom. The largest absolute Gasteiger partial charge is 0.396 e. The summed E-state index contributed by atoms with van der Waals surface area (Å²) in [6, 6.07) is 0. The van der Waals surface area contributed by atoms with E-state index in [9.17, 15) is 5.11 Å². The van der Waals surface area contributed by atoms with Gasteiger partial charge in [-0.3, -0.25) is 4.68 Å². The van der Waals surface area contributed by atoms with Crippen molar-refractivity contribution >= 4 is 15.9 Å². The molecule has 3 nitrogen and oxygen atoms in total. The second-order valence-electron chi connectivity index (χ2n) is 5.67. The van der Waals surface area contributed by atoms with Gasteiger partial charge < -0.3 is 5.11 Å². The van der Waals surface area contributed by atoms with Crippen molar-refractivity contribution in [2.24, 2.45) is 5.41 Å². The molecule has 1 unspecified atom stereocenters. The minimum absolute atomic E-state index is 0.00348. The van der Waals surface area contributed by atoms with Crippen molar-refractivity contribution in [1.29, 1.82) is 0 Å². The molecule has 1 aromatic rings. The Bertz CT molecular complexity index is 411. The van der Waals surface area contributed by atoms with Crippen molar-refractivity contribution in [2.45, 2.75) is 72.8 Å². The quantitative estimate of drug-likeness (QED) is 0.723. The van der Waals surface area contributed by atoms with Crippen molar-refractivity contribution in [2.75, 3.05) is 6.61 Å². The molecule has 20 heavy (non-hydrogen) atoms. The van der Waals surface area contributed by atoms with Crippen LogP contribution in [0.15, 0.2) is 4.47 Å². The molecule has 1 heterocycles. The van der Waals surface area contributed by atoms with Crippen LogP contribution in [0.4, 0.5) is 0 Å². The first-order valence-electron chi connectivity index (χ1n) is 7.92. The van der Waals surface area contributed by atoms with Crippen LogP contribution in [0.25, 0.3) is 0 Å². The molecule has 116 valence electrons. The van der Waals surface area contributed by atoms with Gasteiger partial charge in [-0.25, -0.2) is 0 Å². The second kappa shape index (κ2) is 8.18. The number of rotatable bonds is 9. The third-order valence-corrected chi connectivity index (χ3v) is 5.30. The maximum atomic E-state index is 9.94. The van der Waals surface area contributed by atoms with E-state index in [1.807, 2.05) is 0 Å². The van der Waals surface area contributed by atoms with E-state index in [4.69, 9.17) is 0 Å². The van der Waals surface area contributed by atoms with Gasteiger partial charge in [0.15, 0.2) is 0 Å². The van der Waals surface area contributed by atoms with Crippen molar-refractivity contribution in [1.82, 2.24) is 9.78 Å². The third-order valence-electron chi connectivity index (χ3n) is 4.38. The van der Waals surface area contributed by atoms with Gasteiger partial charge >= 0.3 is 0 Å². The summed E-state index contributed by atoms with van der Waals surface area (Å²) in [7, 11) is 0. The molecule has 1 aromatic heterocycles. The van der Waals surface area contributed by atoms with Crippen LogP contribution in [0, 0.1) is 5.41 Å².